The molecule has 154 valence electrons. The molecule has 5 nitrogen and oxygen atoms in total. The highest BCUT2D eigenvalue weighted by Gasteiger charge is 2.19. The Morgan fingerprint density at radius 2 is 1.96 bits per heavy atom. The largest absolute Gasteiger partial charge is 0.489 e. The minimum absolute atomic E-state index is 0. The molecule has 1 aliphatic heterocycles. The highest BCUT2D eigenvalue weighted by atomic mass is 127. The maximum absolute atomic E-state index is 12.9. The van der Waals surface area contributed by atoms with Gasteiger partial charge in [-0.15, -0.1) is 24.0 Å². The quantitative estimate of drug-likeness (QED) is 0.331. The van der Waals surface area contributed by atoms with Crippen molar-refractivity contribution in [2.75, 3.05) is 33.2 Å². The fourth-order valence-corrected chi connectivity index (χ4v) is 3.10. The minimum atomic E-state index is -0.256. The van der Waals surface area contributed by atoms with Crippen LogP contribution in [0.5, 0.6) is 5.75 Å². The molecule has 2 rings (SSSR count). The van der Waals surface area contributed by atoms with Gasteiger partial charge in [-0.2, -0.15) is 0 Å². The molecular formula is C20H34FIN4O. The Morgan fingerprint density at radius 3 is 2.56 bits per heavy atom. The van der Waals surface area contributed by atoms with E-state index in [0.29, 0.717) is 18.3 Å². The van der Waals surface area contributed by atoms with E-state index in [2.05, 4.69) is 27.4 Å². The molecule has 0 bridgehead atoms. The smallest absolute Gasteiger partial charge is 0.191 e. The average Bonchev–Trinajstić information content (AvgIpc) is 2.66. The number of ether oxygens (including phenoxy) is 1. The zero-order valence-electron chi connectivity index (χ0n) is 16.7. The Morgan fingerprint density at radius 1 is 1.30 bits per heavy atom. The number of benzene rings is 1. The van der Waals surface area contributed by atoms with Gasteiger partial charge in [0.1, 0.15) is 17.7 Å². The molecular weight excluding hydrogens is 458 g/mol. The van der Waals surface area contributed by atoms with Crippen molar-refractivity contribution in [3.8, 4) is 5.75 Å². The third-order valence-electron chi connectivity index (χ3n) is 4.69. The summed E-state index contributed by atoms with van der Waals surface area (Å²) < 4.78 is 18.7. The van der Waals surface area contributed by atoms with Crippen LogP contribution >= 0.6 is 24.0 Å². The fraction of sp³-hybridized carbons (Fsp3) is 0.650. The molecule has 0 amide bonds. The van der Waals surface area contributed by atoms with Crippen LogP contribution in [0.3, 0.4) is 0 Å². The molecule has 0 radical (unpaired) electrons. The lowest BCUT2D eigenvalue weighted by Gasteiger charge is -2.33. The minimum Gasteiger partial charge on any atom is -0.489 e. The number of rotatable bonds is 8. The van der Waals surface area contributed by atoms with Gasteiger partial charge in [0, 0.05) is 26.2 Å². The first-order valence-corrected chi connectivity index (χ1v) is 9.72. The van der Waals surface area contributed by atoms with Crippen LogP contribution in [0.2, 0.25) is 0 Å². The molecule has 2 N–H and O–H groups in total. The molecule has 0 spiro atoms. The molecule has 0 saturated carbocycles. The van der Waals surface area contributed by atoms with Gasteiger partial charge < -0.3 is 20.3 Å². The highest BCUT2D eigenvalue weighted by Crippen LogP contribution is 2.13. The summed E-state index contributed by atoms with van der Waals surface area (Å²) in [6.45, 7) is 8.37. The molecule has 0 aliphatic carbocycles. The van der Waals surface area contributed by atoms with Gasteiger partial charge in [-0.05, 0) is 57.0 Å². The number of nitrogens with one attached hydrogen (secondary N) is 2. The van der Waals surface area contributed by atoms with Crippen LogP contribution in [0, 0.1) is 5.82 Å². The summed E-state index contributed by atoms with van der Waals surface area (Å²) in [6.07, 6.45) is 4.79. The van der Waals surface area contributed by atoms with Crippen molar-refractivity contribution in [3.63, 3.8) is 0 Å². The average molecular weight is 492 g/mol. The SMILES string of the molecule is CCCCN1CCC(NC(=NC)NCC(C)Oc2ccc(F)cc2)CC1.I. The van der Waals surface area contributed by atoms with Crippen LogP contribution in [0.25, 0.3) is 0 Å². The van der Waals surface area contributed by atoms with E-state index in [1.165, 1.54) is 31.5 Å². The predicted octanol–water partition coefficient (Wildman–Crippen LogP) is 3.64. The Hall–Kier alpha value is -1.09. The first-order chi connectivity index (χ1) is 12.6. The van der Waals surface area contributed by atoms with Crippen LogP contribution < -0.4 is 15.4 Å². The second kappa shape index (κ2) is 13.1. The van der Waals surface area contributed by atoms with Gasteiger partial charge in [-0.25, -0.2) is 4.39 Å². The summed E-state index contributed by atoms with van der Waals surface area (Å²) >= 11 is 0. The van der Waals surface area contributed by atoms with E-state index in [9.17, 15) is 4.39 Å². The van der Waals surface area contributed by atoms with Crippen LogP contribution in [0.15, 0.2) is 29.3 Å². The van der Waals surface area contributed by atoms with Gasteiger partial charge in [0.25, 0.3) is 0 Å². The van der Waals surface area contributed by atoms with Gasteiger partial charge in [-0.1, -0.05) is 13.3 Å². The monoisotopic (exact) mass is 492 g/mol. The molecule has 1 unspecified atom stereocenters. The second-order valence-electron chi connectivity index (χ2n) is 6.95. The molecule has 1 saturated heterocycles. The van der Waals surface area contributed by atoms with E-state index in [1.807, 2.05) is 6.92 Å². The van der Waals surface area contributed by atoms with E-state index >= 15 is 0 Å². The number of hydrogen-bond acceptors (Lipinski definition) is 3. The van der Waals surface area contributed by atoms with Gasteiger partial charge in [-0.3, -0.25) is 4.99 Å². The first-order valence-electron chi connectivity index (χ1n) is 9.72. The normalized spacial score (nSPS) is 17.1. The van der Waals surface area contributed by atoms with Crippen molar-refractivity contribution >= 4 is 29.9 Å². The summed E-state index contributed by atoms with van der Waals surface area (Å²) in [5.74, 6) is 1.23. The van der Waals surface area contributed by atoms with Crippen LogP contribution in [0.1, 0.15) is 39.5 Å². The number of halogens is 2. The van der Waals surface area contributed by atoms with E-state index in [-0.39, 0.29) is 35.9 Å². The number of likely N-dealkylation sites (tertiary alicyclic amines) is 1. The number of unbranched alkanes of at least 4 members (excludes halogenated alkanes) is 1. The van der Waals surface area contributed by atoms with E-state index in [1.54, 1.807) is 19.2 Å². The third kappa shape index (κ3) is 9.10. The molecule has 1 atom stereocenters. The summed E-state index contributed by atoms with van der Waals surface area (Å²) in [6, 6.07) is 6.56. The first kappa shape index (κ1) is 23.9. The molecule has 1 aromatic carbocycles. The Balaban J connectivity index is 0.00000364. The van der Waals surface area contributed by atoms with E-state index in [4.69, 9.17) is 4.74 Å². The van der Waals surface area contributed by atoms with Crippen LogP contribution in [-0.2, 0) is 0 Å². The molecule has 27 heavy (non-hydrogen) atoms. The summed E-state index contributed by atoms with van der Waals surface area (Å²) in [5, 5.41) is 6.84. The lowest BCUT2D eigenvalue weighted by molar-refractivity contribution is 0.202. The van der Waals surface area contributed by atoms with E-state index < -0.39 is 0 Å². The maximum Gasteiger partial charge on any atom is 0.191 e. The third-order valence-corrected chi connectivity index (χ3v) is 4.69. The Labute approximate surface area is 180 Å². The number of aliphatic imine (C=N–C) groups is 1. The lowest BCUT2D eigenvalue weighted by atomic mass is 10.0. The van der Waals surface area contributed by atoms with Crippen LogP contribution in [-0.4, -0.2) is 56.2 Å². The predicted molar refractivity (Wildman–Crippen MR) is 121 cm³/mol. The van der Waals surface area contributed by atoms with Gasteiger partial charge in [0.2, 0.25) is 0 Å². The number of guanidine groups is 1. The fourth-order valence-electron chi connectivity index (χ4n) is 3.10. The van der Waals surface area contributed by atoms with Gasteiger partial charge in [0.05, 0.1) is 6.54 Å². The van der Waals surface area contributed by atoms with Crippen LogP contribution in [0.4, 0.5) is 4.39 Å². The number of nitrogens with zero attached hydrogens (tertiary/aromatic N) is 2. The number of piperidine rings is 1. The standard InChI is InChI=1S/C20H33FN4O.HI/c1-4-5-12-25-13-10-18(11-14-25)24-20(22-3)23-15-16(2)26-19-8-6-17(21)7-9-19;/h6-9,16,18H,4-5,10-15H2,1-3H3,(H2,22,23,24);1H. The summed E-state index contributed by atoms with van der Waals surface area (Å²) in [5.41, 5.74) is 0. The molecule has 1 fully saturated rings. The zero-order valence-corrected chi connectivity index (χ0v) is 19.0. The second-order valence-corrected chi connectivity index (χ2v) is 6.95. The topological polar surface area (TPSA) is 48.9 Å². The summed E-state index contributed by atoms with van der Waals surface area (Å²) in [4.78, 5) is 6.87. The maximum atomic E-state index is 12.9. The molecule has 1 aromatic rings. The molecule has 0 aromatic heterocycles. The highest BCUT2D eigenvalue weighted by molar-refractivity contribution is 14.0. The number of hydrogen-bond donors (Lipinski definition) is 2. The van der Waals surface area contributed by atoms with Crippen molar-refractivity contribution in [1.29, 1.82) is 0 Å². The Kier molecular flexibility index (Phi) is 11.7. The molecule has 1 heterocycles. The lowest BCUT2D eigenvalue weighted by Crippen LogP contribution is -2.50. The Bertz CT molecular complexity index is 547. The molecule has 7 heteroatoms. The van der Waals surface area contributed by atoms with E-state index in [0.717, 1.165) is 31.9 Å². The van der Waals surface area contributed by atoms with Crippen molar-refractivity contribution in [2.45, 2.75) is 51.7 Å². The van der Waals surface area contributed by atoms with Crippen molar-refractivity contribution < 1.29 is 9.13 Å². The van der Waals surface area contributed by atoms with Gasteiger partial charge in [0.15, 0.2) is 5.96 Å². The summed E-state index contributed by atoms with van der Waals surface area (Å²) in [7, 11) is 1.79. The van der Waals surface area contributed by atoms with Crippen molar-refractivity contribution in [1.82, 2.24) is 15.5 Å². The van der Waals surface area contributed by atoms with Gasteiger partial charge >= 0.3 is 0 Å². The zero-order chi connectivity index (χ0) is 18.8. The van der Waals surface area contributed by atoms with Crippen molar-refractivity contribution in [2.24, 2.45) is 4.99 Å². The molecule has 1 aliphatic rings. The van der Waals surface area contributed by atoms with Crippen molar-refractivity contribution in [3.05, 3.63) is 30.1 Å².